The molecule has 2 rings (SSSR count). The summed E-state index contributed by atoms with van der Waals surface area (Å²) in [7, 11) is 0. The Balaban J connectivity index is 0.000000720. The number of nitrogens with zero attached hydrogens (tertiary/aromatic N) is 2. The van der Waals surface area contributed by atoms with Crippen LogP contribution < -0.4 is 5.73 Å². The van der Waals surface area contributed by atoms with Crippen LogP contribution in [0.2, 0.25) is 0 Å². The summed E-state index contributed by atoms with van der Waals surface area (Å²) in [5.74, 6) is 0. The minimum absolute atomic E-state index is 0. The van der Waals surface area contributed by atoms with E-state index >= 15 is 0 Å². The molecule has 0 aromatic carbocycles. The largest absolute Gasteiger partial charge is 0.398 e. The van der Waals surface area contributed by atoms with Crippen LogP contribution in [0.3, 0.4) is 0 Å². The molecule has 0 amide bonds. The molecule has 64 valence electrons. The number of fused-ring (bicyclic) bond motifs is 1. The molecule has 0 bridgehead atoms. The van der Waals surface area contributed by atoms with Crippen molar-refractivity contribution in [2.75, 3.05) is 5.73 Å². The van der Waals surface area contributed by atoms with Crippen molar-refractivity contribution in [3.63, 3.8) is 0 Å². The molecule has 3 nitrogen and oxygen atoms in total. The topological polar surface area (TPSA) is 43.3 Å². The first-order valence-corrected chi connectivity index (χ1v) is 3.46. The first kappa shape index (κ1) is 8.87. The third-order valence-electron chi connectivity index (χ3n) is 1.71. The molecular formula is C8H10ClN3. The van der Waals surface area contributed by atoms with Gasteiger partial charge in [0.05, 0.1) is 0 Å². The molecule has 0 aliphatic heterocycles. The molecule has 0 saturated heterocycles. The van der Waals surface area contributed by atoms with E-state index in [1.807, 2.05) is 35.9 Å². The number of hydrogen-bond acceptors (Lipinski definition) is 2. The quantitative estimate of drug-likeness (QED) is 0.675. The molecule has 2 heterocycles. The first-order chi connectivity index (χ1) is 5.27. The van der Waals surface area contributed by atoms with Crippen molar-refractivity contribution in [1.29, 1.82) is 0 Å². The predicted molar refractivity (Wildman–Crippen MR) is 51.6 cm³/mol. The molecule has 0 spiro atoms. The fraction of sp³-hybridized carbons (Fsp3) is 0.125. The summed E-state index contributed by atoms with van der Waals surface area (Å²) in [5, 5.41) is 0. The van der Waals surface area contributed by atoms with Gasteiger partial charge in [0.1, 0.15) is 5.65 Å². The second-order valence-corrected chi connectivity index (χ2v) is 2.59. The van der Waals surface area contributed by atoms with Crippen molar-refractivity contribution in [2.24, 2.45) is 0 Å². The van der Waals surface area contributed by atoms with Crippen LogP contribution in [0.15, 0.2) is 24.5 Å². The molecule has 0 aliphatic carbocycles. The summed E-state index contributed by atoms with van der Waals surface area (Å²) in [6, 6.07) is 3.75. The van der Waals surface area contributed by atoms with Crippen molar-refractivity contribution in [3.8, 4) is 0 Å². The summed E-state index contributed by atoms with van der Waals surface area (Å²) < 4.78 is 1.97. The maximum absolute atomic E-state index is 5.60. The normalized spacial score (nSPS) is 9.75. The van der Waals surface area contributed by atoms with E-state index in [2.05, 4.69) is 4.98 Å². The Morgan fingerprint density at radius 2 is 2.17 bits per heavy atom. The van der Waals surface area contributed by atoms with Gasteiger partial charge in [0, 0.05) is 23.8 Å². The lowest BCUT2D eigenvalue weighted by atomic mass is 10.4. The molecule has 0 saturated carbocycles. The molecule has 0 radical (unpaired) electrons. The van der Waals surface area contributed by atoms with Gasteiger partial charge in [0.25, 0.3) is 0 Å². The summed E-state index contributed by atoms with van der Waals surface area (Å²) in [6.45, 7) is 2.00. The minimum atomic E-state index is 0. The van der Waals surface area contributed by atoms with Gasteiger partial charge in [-0.25, -0.2) is 4.98 Å². The number of aromatic nitrogens is 2. The first-order valence-electron chi connectivity index (χ1n) is 3.46. The Morgan fingerprint density at radius 3 is 2.92 bits per heavy atom. The van der Waals surface area contributed by atoms with Crippen LogP contribution in [0.25, 0.3) is 5.65 Å². The summed E-state index contributed by atoms with van der Waals surface area (Å²) in [4.78, 5) is 4.17. The lowest BCUT2D eigenvalue weighted by Crippen LogP contribution is -1.91. The number of rotatable bonds is 0. The lowest BCUT2D eigenvalue weighted by molar-refractivity contribution is 1.11. The maximum atomic E-state index is 5.60. The zero-order valence-corrected chi connectivity index (χ0v) is 7.51. The fourth-order valence-corrected chi connectivity index (χ4v) is 1.12. The third-order valence-corrected chi connectivity index (χ3v) is 1.71. The van der Waals surface area contributed by atoms with Crippen molar-refractivity contribution in [1.82, 2.24) is 9.38 Å². The molecule has 2 aromatic heterocycles. The zero-order chi connectivity index (χ0) is 7.84. The van der Waals surface area contributed by atoms with Crippen LogP contribution in [0.1, 0.15) is 5.69 Å². The van der Waals surface area contributed by atoms with E-state index in [-0.39, 0.29) is 12.4 Å². The second-order valence-electron chi connectivity index (χ2n) is 2.59. The third kappa shape index (κ3) is 1.23. The molecule has 12 heavy (non-hydrogen) atoms. The van der Waals surface area contributed by atoms with Crippen molar-refractivity contribution in [2.45, 2.75) is 6.92 Å². The molecule has 0 fully saturated rings. The summed E-state index contributed by atoms with van der Waals surface area (Å²) >= 11 is 0. The maximum Gasteiger partial charge on any atom is 0.137 e. The monoisotopic (exact) mass is 183 g/mol. The fourth-order valence-electron chi connectivity index (χ4n) is 1.12. The van der Waals surface area contributed by atoms with Crippen LogP contribution in [0.4, 0.5) is 5.69 Å². The van der Waals surface area contributed by atoms with E-state index < -0.39 is 0 Å². The van der Waals surface area contributed by atoms with Gasteiger partial charge in [0.15, 0.2) is 0 Å². The summed E-state index contributed by atoms with van der Waals surface area (Å²) in [5.41, 5.74) is 8.41. The lowest BCUT2D eigenvalue weighted by Gasteiger charge is -1.96. The number of pyridine rings is 1. The van der Waals surface area contributed by atoms with E-state index in [9.17, 15) is 0 Å². The Morgan fingerprint density at radius 1 is 1.42 bits per heavy atom. The van der Waals surface area contributed by atoms with Gasteiger partial charge >= 0.3 is 0 Å². The summed E-state index contributed by atoms with van der Waals surface area (Å²) in [6.07, 6.45) is 3.70. The molecule has 0 atom stereocenters. The minimum Gasteiger partial charge on any atom is -0.398 e. The van der Waals surface area contributed by atoms with E-state index in [0.717, 1.165) is 17.0 Å². The highest BCUT2D eigenvalue weighted by Gasteiger charge is 1.96. The zero-order valence-electron chi connectivity index (χ0n) is 6.69. The highest BCUT2D eigenvalue weighted by molar-refractivity contribution is 5.85. The van der Waals surface area contributed by atoms with Crippen LogP contribution in [0, 0.1) is 6.92 Å². The number of nitrogens with two attached hydrogens (primary N) is 1. The van der Waals surface area contributed by atoms with E-state index in [1.165, 1.54) is 0 Å². The molecular weight excluding hydrogens is 174 g/mol. The standard InChI is InChI=1S/C8H9N3.ClH/c1-6-4-10-8-3-2-7(9)5-11(6)8;/h2-5H,9H2,1H3;1H. The Kier molecular flexibility index (Phi) is 2.24. The van der Waals surface area contributed by atoms with Gasteiger partial charge in [-0.2, -0.15) is 0 Å². The molecule has 0 unspecified atom stereocenters. The van der Waals surface area contributed by atoms with E-state index in [4.69, 9.17) is 5.73 Å². The van der Waals surface area contributed by atoms with Gasteiger partial charge in [-0.05, 0) is 19.1 Å². The average molecular weight is 184 g/mol. The number of aryl methyl sites for hydroxylation is 1. The van der Waals surface area contributed by atoms with Crippen LogP contribution in [0.5, 0.6) is 0 Å². The van der Waals surface area contributed by atoms with Gasteiger partial charge in [-0.15, -0.1) is 12.4 Å². The molecule has 2 N–H and O–H groups in total. The van der Waals surface area contributed by atoms with Crippen molar-refractivity contribution in [3.05, 3.63) is 30.2 Å². The van der Waals surface area contributed by atoms with Crippen LogP contribution in [-0.2, 0) is 0 Å². The number of nitrogen functional groups attached to an aromatic ring is 1. The Hall–Kier alpha value is -1.22. The van der Waals surface area contributed by atoms with Gasteiger partial charge in [0.2, 0.25) is 0 Å². The van der Waals surface area contributed by atoms with Crippen LogP contribution >= 0.6 is 12.4 Å². The molecule has 4 heteroatoms. The SMILES string of the molecule is Cc1cnc2ccc(N)cn12.Cl. The van der Waals surface area contributed by atoms with Gasteiger partial charge in [-0.1, -0.05) is 0 Å². The van der Waals surface area contributed by atoms with Crippen molar-refractivity contribution < 1.29 is 0 Å². The highest BCUT2D eigenvalue weighted by atomic mass is 35.5. The van der Waals surface area contributed by atoms with Crippen molar-refractivity contribution >= 4 is 23.7 Å². The number of imidazole rings is 1. The van der Waals surface area contributed by atoms with E-state index in [0.29, 0.717) is 0 Å². The van der Waals surface area contributed by atoms with E-state index in [1.54, 1.807) is 0 Å². The second kappa shape index (κ2) is 3.03. The smallest absolute Gasteiger partial charge is 0.137 e. The molecule has 0 aliphatic rings. The Labute approximate surface area is 76.6 Å². The highest BCUT2D eigenvalue weighted by Crippen LogP contribution is 2.08. The molecule has 2 aromatic rings. The van der Waals surface area contributed by atoms with Crippen LogP contribution in [-0.4, -0.2) is 9.38 Å². The number of hydrogen-bond donors (Lipinski definition) is 1. The average Bonchev–Trinajstić information content (AvgIpc) is 2.33. The number of halogens is 1. The van der Waals surface area contributed by atoms with Gasteiger partial charge < -0.3 is 10.1 Å². The van der Waals surface area contributed by atoms with Gasteiger partial charge in [-0.3, -0.25) is 0 Å². The Bertz CT molecular complexity index is 394. The number of anilines is 1. The predicted octanol–water partition coefficient (Wildman–Crippen LogP) is 1.65.